The third kappa shape index (κ3) is 12.4. The molecule has 0 aliphatic carbocycles. The van der Waals surface area contributed by atoms with Gasteiger partial charge in [0.15, 0.2) is 0 Å². The second kappa shape index (κ2) is 5.16. The Morgan fingerprint density at radius 2 is 1.22 bits per heavy atom. The summed E-state index contributed by atoms with van der Waals surface area (Å²) in [7, 11) is -10.7. The van der Waals surface area contributed by atoms with Gasteiger partial charge in [-0.05, 0) is 32.6 Å². The zero-order valence-corrected chi connectivity index (χ0v) is 11.7. The van der Waals surface area contributed by atoms with Crippen LogP contribution in [0.5, 0.6) is 0 Å². The van der Waals surface area contributed by atoms with Crippen molar-refractivity contribution in [2.24, 2.45) is 0 Å². The van der Waals surface area contributed by atoms with Crippen LogP contribution in [-0.4, -0.2) is 30.7 Å². The molecule has 1 nitrogen and oxygen atoms in total. The molecule has 1 aliphatic rings. The molecule has 0 atom stereocenters. The molecule has 0 aromatic rings. The second-order valence-electron chi connectivity index (χ2n) is 4.85. The third-order valence-corrected chi connectivity index (χ3v) is 3.13. The van der Waals surface area contributed by atoms with Crippen molar-refractivity contribution in [3.8, 4) is 0 Å². The van der Waals surface area contributed by atoms with Crippen molar-refractivity contribution in [3.63, 3.8) is 0 Å². The summed E-state index contributed by atoms with van der Waals surface area (Å²) in [5.41, 5.74) is 0. The van der Waals surface area contributed by atoms with E-state index in [4.69, 9.17) is 0 Å². The van der Waals surface area contributed by atoms with E-state index in [0.29, 0.717) is 0 Å². The Kier molecular flexibility index (Phi) is 5.15. The summed E-state index contributed by atoms with van der Waals surface area (Å²) in [5, 5.41) is 0. The summed E-state index contributed by atoms with van der Waals surface area (Å²) in [5.74, 6) is 0. The molecule has 18 heavy (non-hydrogen) atoms. The number of quaternary nitrogens is 1. The first kappa shape index (κ1) is 18.0. The molecule has 1 saturated heterocycles. The Morgan fingerprint density at radius 3 is 1.50 bits per heavy atom. The Balaban J connectivity index is 0.000000360. The molecule has 8 heteroatoms. The van der Waals surface area contributed by atoms with Crippen LogP contribution < -0.4 is 0 Å². The molecular weight excluding hydrogens is 279 g/mol. The first-order chi connectivity index (χ1) is 7.78. The molecule has 0 bridgehead atoms. The average molecular weight is 301 g/mol. The van der Waals surface area contributed by atoms with Crippen molar-refractivity contribution < 1.29 is 29.7 Å². The van der Waals surface area contributed by atoms with E-state index in [1.807, 2.05) is 0 Å². The van der Waals surface area contributed by atoms with Crippen molar-refractivity contribution in [2.75, 3.05) is 26.2 Å². The van der Waals surface area contributed by atoms with Gasteiger partial charge >= 0.3 is 33.0 Å². The molecule has 1 fully saturated rings. The minimum atomic E-state index is -10.7. The zero-order chi connectivity index (χ0) is 14.6. The number of hydrogen-bond donors (Lipinski definition) is 0. The van der Waals surface area contributed by atoms with Gasteiger partial charge in [-0.3, -0.25) is 0 Å². The van der Waals surface area contributed by atoms with Gasteiger partial charge in [0.25, 0.3) is 0 Å². The number of likely N-dealkylation sites (tertiary alicyclic amines) is 1. The normalized spacial score (nSPS) is 23.3. The molecule has 0 aromatic heterocycles. The molecule has 0 radical (unpaired) electrons. The Labute approximate surface area is 104 Å². The maximum absolute atomic E-state index is 10.7. The van der Waals surface area contributed by atoms with E-state index in [-0.39, 0.29) is 0 Å². The Morgan fingerprint density at radius 1 is 0.833 bits per heavy atom. The third-order valence-electron chi connectivity index (χ3n) is 3.13. The molecule has 114 valence electrons. The fraction of sp³-hybridized carbons (Fsp3) is 1.00. The quantitative estimate of drug-likeness (QED) is 0.351. The van der Waals surface area contributed by atoms with Gasteiger partial charge in [0, 0.05) is 0 Å². The van der Waals surface area contributed by atoms with Crippen LogP contribution in [0.2, 0.25) is 0 Å². The summed E-state index contributed by atoms with van der Waals surface area (Å²) in [6.45, 7) is 10.3. The van der Waals surface area contributed by atoms with Gasteiger partial charge in [-0.1, -0.05) is 6.92 Å². The van der Waals surface area contributed by atoms with E-state index in [2.05, 4.69) is 13.8 Å². The Hall–Kier alpha value is -0.0300. The topological polar surface area (TPSA) is 0 Å². The van der Waals surface area contributed by atoms with Crippen LogP contribution in [0.1, 0.15) is 39.5 Å². The maximum atomic E-state index is 9.87. The Bertz CT molecular complexity index is 236. The van der Waals surface area contributed by atoms with E-state index >= 15 is 0 Å². The number of rotatable bonds is 3. The summed E-state index contributed by atoms with van der Waals surface area (Å²) < 4.78 is 60.6. The van der Waals surface area contributed by atoms with Crippen molar-refractivity contribution in [1.82, 2.24) is 0 Å². The van der Waals surface area contributed by atoms with E-state index < -0.39 is 7.81 Å². The summed E-state index contributed by atoms with van der Waals surface area (Å²) >= 11 is 0. The van der Waals surface area contributed by atoms with Gasteiger partial charge < -0.3 is 4.48 Å². The first-order valence-corrected chi connectivity index (χ1v) is 8.22. The predicted octanol–water partition coefficient (Wildman–Crippen LogP) is 5.80. The van der Waals surface area contributed by atoms with E-state index in [0.717, 1.165) is 0 Å². The molecule has 0 N–H and O–H groups in total. The van der Waals surface area contributed by atoms with Gasteiger partial charge in [0.2, 0.25) is 0 Å². The van der Waals surface area contributed by atoms with Crippen LogP contribution in [0.3, 0.4) is 0 Å². The minimum absolute atomic E-state index is 1.36. The van der Waals surface area contributed by atoms with Crippen LogP contribution in [-0.2, 0) is 0 Å². The summed E-state index contributed by atoms with van der Waals surface area (Å²) in [4.78, 5) is 0. The van der Waals surface area contributed by atoms with Crippen LogP contribution in [0.15, 0.2) is 0 Å². The van der Waals surface area contributed by atoms with Crippen LogP contribution in [0, 0.1) is 0 Å². The number of nitrogens with zero attached hydrogens (tertiary/aromatic N) is 1. The molecule has 1 rings (SSSR count). The molecule has 0 amide bonds. The van der Waals surface area contributed by atoms with Gasteiger partial charge in [-0.25, -0.2) is 0 Å². The number of piperidine rings is 1. The number of halogens is 6. The van der Waals surface area contributed by atoms with Gasteiger partial charge in [-0.15, -0.1) is 0 Å². The average Bonchev–Trinajstić information content (AvgIpc) is 2.15. The van der Waals surface area contributed by atoms with Crippen LogP contribution >= 0.6 is 7.81 Å². The van der Waals surface area contributed by atoms with Crippen LogP contribution in [0.25, 0.3) is 0 Å². The van der Waals surface area contributed by atoms with Gasteiger partial charge in [0.05, 0.1) is 26.2 Å². The van der Waals surface area contributed by atoms with Crippen molar-refractivity contribution in [3.05, 3.63) is 0 Å². The molecule has 0 saturated carbocycles. The van der Waals surface area contributed by atoms with E-state index in [1.54, 1.807) is 0 Å². The van der Waals surface area contributed by atoms with E-state index in [1.165, 1.54) is 56.3 Å². The first-order valence-electron chi connectivity index (χ1n) is 6.19. The van der Waals surface area contributed by atoms with Crippen molar-refractivity contribution in [1.29, 1.82) is 0 Å². The van der Waals surface area contributed by atoms with Crippen molar-refractivity contribution in [2.45, 2.75) is 39.5 Å². The SMILES string of the molecule is CCC[N+]1(CC)CCCCC1.F[P-](F)(F)(F)(F)F. The second-order valence-corrected chi connectivity index (χ2v) is 6.76. The summed E-state index contributed by atoms with van der Waals surface area (Å²) in [6.07, 6.45) is 5.76. The standard InChI is InChI=1S/C10H22N.F6P/c1-3-8-11(4-2)9-6-5-7-10-11;1-7(2,3,4,5)6/h3-10H2,1-2H3;/q+1;-1. The monoisotopic (exact) mass is 301 g/mol. The molecule has 1 heterocycles. The van der Waals surface area contributed by atoms with Crippen LogP contribution in [0.4, 0.5) is 25.2 Å². The molecule has 0 unspecified atom stereocenters. The predicted molar refractivity (Wildman–Crippen MR) is 63.1 cm³/mol. The summed E-state index contributed by atoms with van der Waals surface area (Å²) in [6, 6.07) is 0. The zero-order valence-electron chi connectivity index (χ0n) is 10.8. The fourth-order valence-electron chi connectivity index (χ4n) is 2.36. The number of hydrogen-bond acceptors (Lipinski definition) is 0. The molecule has 0 aromatic carbocycles. The fourth-order valence-corrected chi connectivity index (χ4v) is 2.36. The van der Waals surface area contributed by atoms with Gasteiger partial charge in [0.1, 0.15) is 0 Å². The van der Waals surface area contributed by atoms with Crippen molar-refractivity contribution >= 4 is 7.81 Å². The molecular formula is C10H22F6NP. The molecule has 0 spiro atoms. The molecule has 1 aliphatic heterocycles. The van der Waals surface area contributed by atoms with Gasteiger partial charge in [-0.2, -0.15) is 0 Å². The van der Waals surface area contributed by atoms with E-state index in [9.17, 15) is 25.2 Å².